The summed E-state index contributed by atoms with van der Waals surface area (Å²) in [5.74, 6) is -0.0878. The molecular weight excluding hydrogens is 1890 g/mol. The molecule has 1 unspecified atom stereocenters. The highest BCUT2D eigenvalue weighted by molar-refractivity contribution is 7.71. The van der Waals surface area contributed by atoms with E-state index in [1.165, 1.54) is 74.0 Å². The molecule has 0 fully saturated rings. The van der Waals surface area contributed by atoms with Gasteiger partial charge in [-0.25, -0.2) is 5.09 Å². The second kappa shape index (κ2) is 41.9. The molecule has 2 amide bonds. The van der Waals surface area contributed by atoms with Gasteiger partial charge in [0.05, 0.1) is 28.3 Å². The molecule has 18 aromatic carbocycles. The van der Waals surface area contributed by atoms with Crippen molar-refractivity contribution in [2.24, 2.45) is 0 Å². The average molecular weight is 1990 g/mol. The molecule has 1 aromatic heterocycles. The fourth-order valence-corrected chi connectivity index (χ4v) is 29.9. The number of amides is 2. The maximum Gasteiger partial charge on any atom is 0.416 e. The molecule has 2 aliphatic heterocycles. The third kappa shape index (κ3) is 21.8. The topological polar surface area (TPSA) is 109 Å². The van der Waals surface area contributed by atoms with Crippen molar-refractivity contribution in [3.63, 3.8) is 0 Å². The molecule has 21 rings (SSSR count). The molecule has 0 radical (unpaired) electrons. The zero-order chi connectivity index (χ0) is 99.5. The summed E-state index contributed by atoms with van der Waals surface area (Å²) >= 11 is 0. The Labute approximate surface area is 818 Å². The van der Waals surface area contributed by atoms with Gasteiger partial charge in [0.25, 0.3) is 0 Å². The maximum atomic E-state index is 14.3. The first-order chi connectivity index (χ1) is 68.2. The van der Waals surface area contributed by atoms with Crippen LogP contribution in [0.15, 0.2) is 391 Å². The van der Waals surface area contributed by atoms with Gasteiger partial charge in [0.1, 0.15) is 11.2 Å². The Balaban J connectivity index is 0.000000152. The van der Waals surface area contributed by atoms with E-state index in [1.54, 1.807) is 25.1 Å². The third-order valence-corrected chi connectivity index (χ3v) is 35.5. The largest absolute Gasteiger partial charge is 0.416 e. The van der Waals surface area contributed by atoms with E-state index in [4.69, 9.17) is 8.39 Å². The van der Waals surface area contributed by atoms with Crippen LogP contribution in [-0.4, -0.2) is 23.9 Å². The maximum absolute atomic E-state index is 14.3. The summed E-state index contributed by atoms with van der Waals surface area (Å²) in [7, 11) is -6.46. The van der Waals surface area contributed by atoms with E-state index in [0.717, 1.165) is 106 Å². The van der Waals surface area contributed by atoms with Crippen LogP contribution >= 0.6 is 32.1 Å². The van der Waals surface area contributed by atoms with Crippen molar-refractivity contribution in [1.82, 2.24) is 15.7 Å². The lowest BCUT2D eigenvalue weighted by Crippen LogP contribution is -2.35. The monoisotopic (exact) mass is 1980 g/mol. The molecule has 0 aliphatic carbocycles. The summed E-state index contributed by atoms with van der Waals surface area (Å²) in [5, 5.41) is 27.2. The molecule has 5 atom stereocenters. The van der Waals surface area contributed by atoms with Crippen molar-refractivity contribution >= 4 is 147 Å². The molecule has 24 heteroatoms. The number of halogens is 12. The Morgan fingerprint density at radius 2 is 0.613 bits per heavy atom. The van der Waals surface area contributed by atoms with E-state index < -0.39 is 101 Å². The van der Waals surface area contributed by atoms with Gasteiger partial charge in [0.2, 0.25) is 11.8 Å². The predicted octanol–water partition coefficient (Wildman–Crippen LogP) is 34.1. The minimum absolute atomic E-state index is 0.00588. The van der Waals surface area contributed by atoms with Crippen LogP contribution < -0.4 is 31.4 Å². The Kier molecular flexibility index (Phi) is 29.1. The molecule has 0 saturated heterocycles. The summed E-state index contributed by atoms with van der Waals surface area (Å²) in [4.78, 5) is 21.4. The van der Waals surface area contributed by atoms with Gasteiger partial charge in [-0.15, -0.1) is 0 Å². The molecule has 3 heterocycles. The lowest BCUT2D eigenvalue weighted by atomic mass is 9.88. The number of alkyl halides is 12. The Bertz CT molecular complexity index is 7550. The summed E-state index contributed by atoms with van der Waals surface area (Å²) in [6.07, 6.45) is -18.4. The number of rotatable bonds is 16. The van der Waals surface area contributed by atoms with E-state index in [1.807, 2.05) is 153 Å². The third-order valence-electron chi connectivity index (χ3n) is 25.9. The van der Waals surface area contributed by atoms with Crippen LogP contribution in [-0.2, 0) is 58.9 Å². The van der Waals surface area contributed by atoms with Crippen LogP contribution in [0.3, 0.4) is 0 Å². The quantitative estimate of drug-likeness (QED) is 0.0567. The van der Waals surface area contributed by atoms with Crippen LogP contribution in [0.1, 0.15) is 119 Å². The fourth-order valence-electron chi connectivity index (χ4n) is 19.7. The van der Waals surface area contributed by atoms with Gasteiger partial charge >= 0.3 is 32.9 Å². The SMILES string of the molecule is C=C(NC(C)=O)c1ccccc1.CC(=O)NC(C)c1ccccc1.C[C@H](NP(c1cc(C(F)(F)F)cc(C(F)(F)F)c1)c1cc(C(F)(F)F)cc(C(F)(F)F)c1)[C@H](c1ccccc1)P1Cc2ccc3ccccc3c2-c2c(ccc3ccccc23)C1.C[C@H](Np1oc2ccc3ccccc3c2c2c(ccc3ccccc32)o1)[C@H](c1ccccc1)P1Cc2ccc3ccccc3c2-c2c(ccc3ccccc23)C1. The van der Waals surface area contributed by atoms with Gasteiger partial charge in [-0.3, -0.25) is 14.7 Å². The van der Waals surface area contributed by atoms with E-state index in [9.17, 15) is 62.3 Å². The molecule has 2 aliphatic rings. The number of hydrogen-bond acceptors (Lipinski definition) is 6. The number of carbonyl (C=O) groups excluding carboxylic acids is 2. The molecule has 19 aromatic rings. The van der Waals surface area contributed by atoms with Crippen molar-refractivity contribution in [1.29, 1.82) is 0 Å². The second-order valence-electron chi connectivity index (χ2n) is 35.6. The van der Waals surface area contributed by atoms with Crippen molar-refractivity contribution in [2.75, 3.05) is 5.09 Å². The van der Waals surface area contributed by atoms with Crippen molar-refractivity contribution in [2.45, 2.75) is 113 Å². The first-order valence-corrected chi connectivity index (χ1v) is 52.4. The highest BCUT2D eigenvalue weighted by Gasteiger charge is 2.43. The molecule has 0 bridgehead atoms. The second-order valence-corrected chi connectivity index (χ2v) is 43.5. The number of benzene rings is 18. The van der Waals surface area contributed by atoms with Crippen LogP contribution in [0.25, 0.3) is 115 Å². The van der Waals surface area contributed by atoms with E-state index in [-0.39, 0.29) is 41.7 Å². The zero-order valence-corrected chi connectivity index (χ0v) is 81.3. The van der Waals surface area contributed by atoms with Crippen molar-refractivity contribution < 1.29 is 70.7 Å². The summed E-state index contributed by atoms with van der Waals surface area (Å²) < 4.78 is 186. The molecule has 142 heavy (non-hydrogen) atoms. The first-order valence-electron chi connectivity index (χ1n) is 46.3. The first kappa shape index (κ1) is 98.6. The normalized spacial score (nSPS) is 14.0. The van der Waals surface area contributed by atoms with Gasteiger partial charge in [-0.1, -0.05) is 350 Å². The minimum Gasteiger partial charge on any atom is -0.408 e. The molecule has 716 valence electrons. The van der Waals surface area contributed by atoms with Gasteiger partial charge in [-0.05, 0) is 236 Å². The minimum atomic E-state index is -5.35. The smallest absolute Gasteiger partial charge is 0.408 e. The van der Waals surface area contributed by atoms with Gasteiger partial charge < -0.3 is 19.0 Å². The number of hydrogen-bond donors (Lipinski definition) is 4. The van der Waals surface area contributed by atoms with Gasteiger partial charge in [-0.2, -0.15) is 52.7 Å². The van der Waals surface area contributed by atoms with E-state index >= 15 is 0 Å². The standard InChI is InChI=1S/C51H39NO2P2.C47H33F12NP2.C10H13NO.C10H11NO/c1-33(52-56-53-45-29-27-36-15-7-11-21-43(36)49(45)50-44-22-12-8-16-37(44)28-30-46(50)54-56)51(38-17-3-2-4-18-38)55-31-39-25-23-34-13-5-9-19-41(34)47(39)48-40(32-55)26-24-35-14-6-10-20-42(35)48;1-27(60-62(37-21-33(44(48,49)50)19-34(22-37)45(51,52)53)38-23-35(46(54,55)56)20-36(24-38)47(57,58)59)43(30-11-3-2-4-12-30)61-25-31-17-15-28-9-5-7-13-39(28)41(31)42-32(26-61)18-16-29-10-6-8-14-40(29)42;2*1-8(11-9(2)12)10-6-4-3-5-7-10/h2-30,33,51-52H,31-32H2,1H3;2-24,27,43,60H,25-26H2,1H3;3-8H,1-2H3,(H,11,12);3-7H,1H2,2H3,(H,11,12)/t33-,51+;27-,43+;;/m00../s1. The van der Waals surface area contributed by atoms with Gasteiger partial charge in [0, 0.05) is 61.8 Å². The highest BCUT2D eigenvalue weighted by Crippen LogP contribution is 2.65. The number of nitrogens with one attached hydrogen (secondary N) is 4. The predicted molar refractivity (Wildman–Crippen MR) is 561 cm³/mol. The van der Waals surface area contributed by atoms with Crippen LogP contribution in [0, 0.1) is 0 Å². The highest BCUT2D eigenvalue weighted by atomic mass is 31.1. The average Bonchev–Trinajstić information content (AvgIpc) is 1.51. The summed E-state index contributed by atoms with van der Waals surface area (Å²) in [6.45, 7) is 12.7. The lowest BCUT2D eigenvalue weighted by molar-refractivity contribution is -0.144. The lowest BCUT2D eigenvalue weighted by Gasteiger charge is -2.36. The molecular formula is C118H96F12N4O4P4. The molecule has 4 N–H and O–H groups in total. The molecule has 8 nitrogen and oxygen atoms in total. The van der Waals surface area contributed by atoms with Crippen LogP contribution in [0.5, 0.6) is 0 Å². The van der Waals surface area contributed by atoms with E-state index in [0.29, 0.717) is 42.3 Å². The van der Waals surface area contributed by atoms with Crippen LogP contribution in [0.2, 0.25) is 0 Å². The van der Waals surface area contributed by atoms with Crippen molar-refractivity contribution in [3.05, 3.63) is 449 Å². The number of fused-ring (bicyclic) bond motifs is 21. The van der Waals surface area contributed by atoms with Gasteiger partial charge in [0.15, 0.2) is 0 Å². The Hall–Kier alpha value is -13.5. The van der Waals surface area contributed by atoms with Crippen LogP contribution in [0.4, 0.5) is 52.7 Å². The Morgan fingerprint density at radius 3 is 0.930 bits per heavy atom. The molecule has 0 saturated carbocycles. The summed E-state index contributed by atoms with van der Waals surface area (Å²) in [6, 6.07) is 117. The Morgan fingerprint density at radius 1 is 0.331 bits per heavy atom. The fraction of sp³-hybridized carbons (Fsp3) is 0.153. The van der Waals surface area contributed by atoms with E-state index in [2.05, 4.69) is 210 Å². The zero-order valence-electron chi connectivity index (χ0n) is 77.7. The molecule has 0 spiro atoms. The number of carbonyl (C=O) groups is 2. The van der Waals surface area contributed by atoms with Crippen molar-refractivity contribution in [3.8, 4) is 22.3 Å². The summed E-state index contributed by atoms with van der Waals surface area (Å²) in [5.41, 5.74) is 8.80.